The Morgan fingerprint density at radius 3 is 3.05 bits per heavy atom. The van der Waals surface area contributed by atoms with Gasteiger partial charge in [-0.1, -0.05) is 0 Å². The smallest absolute Gasteiger partial charge is 0.324 e. The van der Waals surface area contributed by atoms with E-state index in [9.17, 15) is 4.79 Å². The Hall–Kier alpha value is -2.57. The first-order valence-corrected chi connectivity index (χ1v) is 7.92. The summed E-state index contributed by atoms with van der Waals surface area (Å²) in [4.78, 5) is 25.3. The second-order valence-corrected chi connectivity index (χ2v) is 6.30. The number of carbonyl (C=O) groups is 1. The lowest BCUT2D eigenvalue weighted by Crippen LogP contribution is -2.19. The quantitative estimate of drug-likeness (QED) is 0.793. The molecule has 0 radical (unpaired) electrons. The lowest BCUT2D eigenvalue weighted by atomic mass is 10.3. The Morgan fingerprint density at radius 2 is 2.32 bits per heavy atom. The van der Waals surface area contributed by atoms with Crippen molar-refractivity contribution < 1.29 is 4.79 Å². The second-order valence-electron chi connectivity index (χ2n) is 4.35. The van der Waals surface area contributed by atoms with E-state index in [1.54, 1.807) is 0 Å². The molecule has 0 fully saturated rings. The van der Waals surface area contributed by atoms with Crippen molar-refractivity contribution in [2.75, 3.05) is 0 Å². The molecule has 0 bridgehead atoms. The van der Waals surface area contributed by atoms with Gasteiger partial charge in [-0.25, -0.2) is 24.3 Å². The summed E-state index contributed by atoms with van der Waals surface area (Å²) in [6.45, 7) is 1.87. The van der Waals surface area contributed by atoms with Gasteiger partial charge in [0.2, 0.25) is 0 Å². The molecule has 110 valence electrons. The van der Waals surface area contributed by atoms with Crippen LogP contribution in [0.15, 0.2) is 17.8 Å². The summed E-state index contributed by atoms with van der Waals surface area (Å²) in [5, 5.41) is 12.0. The molecule has 1 amide bonds. The van der Waals surface area contributed by atoms with Crippen molar-refractivity contribution in [2.24, 2.45) is 5.73 Å². The molecule has 2 N–H and O–H groups in total. The molecule has 0 aliphatic heterocycles. The molecule has 0 aliphatic rings. The summed E-state index contributed by atoms with van der Waals surface area (Å²) in [7, 11) is 0. The lowest BCUT2D eigenvalue weighted by molar-refractivity contribution is 0.250. The highest BCUT2D eigenvalue weighted by Gasteiger charge is 2.18. The molecule has 0 saturated heterocycles. The van der Waals surface area contributed by atoms with Crippen LogP contribution < -0.4 is 5.73 Å². The van der Waals surface area contributed by atoms with Gasteiger partial charge in [-0.3, -0.25) is 0 Å². The van der Waals surface area contributed by atoms with E-state index in [1.807, 2.05) is 12.3 Å². The number of nitriles is 1. The van der Waals surface area contributed by atoms with Gasteiger partial charge >= 0.3 is 6.03 Å². The highest BCUT2D eigenvalue weighted by atomic mass is 32.1. The third kappa shape index (κ3) is 2.49. The number of nitrogens with zero attached hydrogens (tertiary/aromatic N) is 5. The van der Waals surface area contributed by atoms with Crippen molar-refractivity contribution in [3.63, 3.8) is 0 Å². The van der Waals surface area contributed by atoms with Crippen LogP contribution in [-0.4, -0.2) is 25.6 Å². The highest BCUT2D eigenvalue weighted by molar-refractivity contribution is 7.18. The van der Waals surface area contributed by atoms with Crippen LogP contribution in [0, 0.1) is 18.3 Å². The van der Waals surface area contributed by atoms with Crippen LogP contribution in [0.1, 0.15) is 10.7 Å². The van der Waals surface area contributed by atoms with Gasteiger partial charge in [-0.15, -0.1) is 22.7 Å². The van der Waals surface area contributed by atoms with Crippen molar-refractivity contribution >= 4 is 28.7 Å². The van der Waals surface area contributed by atoms with Crippen molar-refractivity contribution in [1.82, 2.24) is 19.5 Å². The first-order chi connectivity index (χ1) is 10.6. The molecule has 3 aromatic heterocycles. The summed E-state index contributed by atoms with van der Waals surface area (Å²) in [5.41, 5.74) is 6.89. The fourth-order valence-corrected chi connectivity index (χ4v) is 3.75. The molecule has 3 heterocycles. The van der Waals surface area contributed by atoms with E-state index < -0.39 is 6.03 Å². The maximum atomic E-state index is 11.4. The Labute approximate surface area is 133 Å². The van der Waals surface area contributed by atoms with Crippen molar-refractivity contribution in [3.05, 3.63) is 28.5 Å². The van der Waals surface area contributed by atoms with Gasteiger partial charge in [0.05, 0.1) is 28.8 Å². The number of nitrogens with two attached hydrogens (primary N) is 1. The van der Waals surface area contributed by atoms with Crippen LogP contribution in [0.25, 0.3) is 21.4 Å². The molecule has 0 atom stereocenters. The zero-order chi connectivity index (χ0) is 15.7. The summed E-state index contributed by atoms with van der Waals surface area (Å²) in [5.74, 6) is 0.416. The zero-order valence-electron chi connectivity index (χ0n) is 11.5. The maximum Gasteiger partial charge on any atom is 0.324 e. The predicted molar refractivity (Wildman–Crippen MR) is 83.5 cm³/mol. The Bertz CT molecular complexity index is 885. The minimum Gasteiger partial charge on any atom is -0.351 e. The molecule has 0 aromatic carbocycles. The van der Waals surface area contributed by atoms with Crippen LogP contribution in [0.2, 0.25) is 0 Å². The number of primary amides is 1. The van der Waals surface area contributed by atoms with E-state index in [2.05, 4.69) is 21.0 Å². The first-order valence-electron chi connectivity index (χ1n) is 6.23. The average molecular weight is 330 g/mol. The Kier molecular flexibility index (Phi) is 3.70. The molecule has 0 aliphatic carbocycles. The third-order valence-electron chi connectivity index (χ3n) is 2.88. The number of amides is 1. The van der Waals surface area contributed by atoms with E-state index in [0.29, 0.717) is 17.3 Å². The molecule has 0 saturated carbocycles. The number of aryl methyl sites for hydroxylation is 1. The molecular weight excluding hydrogens is 320 g/mol. The lowest BCUT2D eigenvalue weighted by Gasteiger charge is -1.98. The molecule has 3 aromatic rings. The largest absolute Gasteiger partial charge is 0.351 e. The van der Waals surface area contributed by atoms with Crippen LogP contribution >= 0.6 is 22.7 Å². The van der Waals surface area contributed by atoms with Gasteiger partial charge < -0.3 is 5.73 Å². The van der Waals surface area contributed by atoms with Gasteiger partial charge in [-0.2, -0.15) is 5.26 Å². The van der Waals surface area contributed by atoms with E-state index in [0.717, 1.165) is 21.3 Å². The molecular formula is C13H10N6OS2. The number of imidazole rings is 1. The zero-order valence-corrected chi connectivity index (χ0v) is 13.1. The van der Waals surface area contributed by atoms with Gasteiger partial charge in [0.1, 0.15) is 5.01 Å². The molecule has 0 unspecified atom stereocenters. The van der Waals surface area contributed by atoms with Crippen LogP contribution in [0.3, 0.4) is 0 Å². The molecule has 7 nitrogen and oxygen atoms in total. The van der Waals surface area contributed by atoms with Crippen molar-refractivity contribution in [3.8, 4) is 27.5 Å². The number of aromatic nitrogens is 4. The summed E-state index contributed by atoms with van der Waals surface area (Å²) < 4.78 is 1.25. The Balaban J connectivity index is 2.02. The normalized spacial score (nSPS) is 10.5. The van der Waals surface area contributed by atoms with Gasteiger partial charge in [0, 0.05) is 17.8 Å². The minimum absolute atomic E-state index is 0.293. The van der Waals surface area contributed by atoms with E-state index in [1.165, 1.54) is 39.6 Å². The Morgan fingerprint density at radius 1 is 1.50 bits per heavy atom. The van der Waals surface area contributed by atoms with E-state index >= 15 is 0 Å². The van der Waals surface area contributed by atoms with Gasteiger partial charge in [0.15, 0.2) is 10.8 Å². The third-order valence-corrected chi connectivity index (χ3v) is 4.91. The summed E-state index contributed by atoms with van der Waals surface area (Å²) in [6.07, 6.45) is 3.30. The maximum absolute atomic E-state index is 11.4. The predicted octanol–water partition coefficient (Wildman–Crippen LogP) is 2.43. The molecule has 3 rings (SSSR count). The van der Waals surface area contributed by atoms with E-state index in [4.69, 9.17) is 11.0 Å². The molecule has 0 spiro atoms. The van der Waals surface area contributed by atoms with Gasteiger partial charge in [0.25, 0.3) is 0 Å². The van der Waals surface area contributed by atoms with Gasteiger partial charge in [-0.05, 0) is 6.92 Å². The van der Waals surface area contributed by atoms with Crippen molar-refractivity contribution in [1.29, 1.82) is 5.26 Å². The fraction of sp³-hybridized carbons (Fsp3) is 0.154. The number of carbonyl (C=O) groups excluding carboxylic acids is 1. The number of thiazole rings is 2. The van der Waals surface area contributed by atoms with Crippen molar-refractivity contribution in [2.45, 2.75) is 13.3 Å². The summed E-state index contributed by atoms with van der Waals surface area (Å²) >= 11 is 2.84. The highest BCUT2D eigenvalue weighted by Crippen LogP contribution is 2.35. The molecule has 22 heavy (non-hydrogen) atoms. The fourth-order valence-electron chi connectivity index (χ4n) is 1.93. The SMILES string of the molecule is Cc1nc(-c2nccn2C(N)=O)sc1-c1csc(CC#N)n1. The van der Waals surface area contributed by atoms with Crippen LogP contribution in [-0.2, 0) is 6.42 Å². The molecule has 9 heteroatoms. The van der Waals surface area contributed by atoms with Crippen LogP contribution in [0.4, 0.5) is 4.79 Å². The number of hydrogen-bond acceptors (Lipinski definition) is 7. The average Bonchev–Trinajstić information content (AvgIpc) is 3.17. The topological polar surface area (TPSA) is 110 Å². The number of rotatable bonds is 3. The monoisotopic (exact) mass is 330 g/mol. The number of hydrogen-bond donors (Lipinski definition) is 1. The second kappa shape index (κ2) is 5.67. The minimum atomic E-state index is -0.605. The standard InChI is InChI=1S/C13H10N6OS2/c1-7-10(8-6-21-9(18-8)2-3-14)22-12(17-7)11-16-4-5-19(11)13(15)20/h4-6H,2H2,1H3,(H2,15,20). The summed E-state index contributed by atoms with van der Waals surface area (Å²) in [6, 6.07) is 1.48. The first kappa shape index (κ1) is 14.4. The van der Waals surface area contributed by atoms with Crippen LogP contribution in [0.5, 0.6) is 0 Å². The van der Waals surface area contributed by atoms with E-state index in [-0.39, 0.29) is 0 Å².